The average molecular weight is 563 g/mol. The molecule has 202 valence electrons. The molecule has 10 heteroatoms. The Labute approximate surface area is 232 Å². The van der Waals surface area contributed by atoms with Crippen LogP contribution in [0, 0.1) is 6.92 Å². The molecule has 5 rings (SSSR count). The topological polar surface area (TPSA) is 84.7 Å². The van der Waals surface area contributed by atoms with Crippen LogP contribution in [0.5, 0.6) is 5.75 Å². The second-order valence-electron chi connectivity index (χ2n) is 9.23. The Bertz CT molecular complexity index is 1600. The van der Waals surface area contributed by atoms with E-state index in [1.165, 1.54) is 27.9 Å². The van der Waals surface area contributed by atoms with Crippen molar-refractivity contribution in [2.45, 2.75) is 22.5 Å². The first-order valence-corrected chi connectivity index (χ1v) is 15.1. The lowest BCUT2D eigenvalue weighted by Gasteiger charge is -2.36. The highest BCUT2D eigenvalue weighted by Crippen LogP contribution is 2.32. The molecule has 2 heterocycles. The minimum atomic E-state index is -3.74. The van der Waals surface area contributed by atoms with E-state index in [1.807, 2.05) is 67.6 Å². The van der Waals surface area contributed by atoms with Crippen molar-refractivity contribution >= 4 is 27.5 Å². The second kappa shape index (κ2) is 11.6. The molecule has 0 atom stereocenters. The van der Waals surface area contributed by atoms with Gasteiger partial charge in [-0.3, -0.25) is 4.79 Å². The number of aromatic nitrogens is 2. The highest BCUT2D eigenvalue weighted by Gasteiger charge is 2.32. The number of benzene rings is 3. The normalized spacial score (nSPS) is 14.4. The third-order valence-electron chi connectivity index (χ3n) is 6.66. The van der Waals surface area contributed by atoms with Gasteiger partial charge < -0.3 is 9.64 Å². The molecule has 0 aliphatic carbocycles. The summed E-state index contributed by atoms with van der Waals surface area (Å²) in [6.07, 6.45) is 1.72. The predicted molar refractivity (Wildman–Crippen MR) is 155 cm³/mol. The van der Waals surface area contributed by atoms with Crippen molar-refractivity contribution in [2.75, 3.05) is 38.2 Å². The van der Waals surface area contributed by atoms with E-state index in [4.69, 9.17) is 4.74 Å². The Morgan fingerprint density at radius 2 is 1.59 bits per heavy atom. The van der Waals surface area contributed by atoms with Crippen LogP contribution >= 0.6 is 11.8 Å². The van der Waals surface area contributed by atoms with Gasteiger partial charge in [-0.05, 0) is 42.3 Å². The Morgan fingerprint density at radius 1 is 0.923 bits per heavy atom. The molecule has 4 aromatic rings. The zero-order valence-electron chi connectivity index (χ0n) is 21.9. The number of ether oxygens (including phenoxy) is 1. The van der Waals surface area contributed by atoms with E-state index in [1.54, 1.807) is 24.4 Å². The molecule has 0 amide bonds. The second-order valence-corrected chi connectivity index (χ2v) is 12.1. The molecule has 39 heavy (non-hydrogen) atoms. The van der Waals surface area contributed by atoms with E-state index in [-0.39, 0.29) is 23.5 Å². The maximum absolute atomic E-state index is 13.7. The Balaban J connectivity index is 1.42. The van der Waals surface area contributed by atoms with Crippen LogP contribution in [0.3, 0.4) is 0 Å². The fourth-order valence-corrected chi connectivity index (χ4v) is 7.17. The summed E-state index contributed by atoms with van der Waals surface area (Å²) in [6.45, 7) is 3.32. The van der Waals surface area contributed by atoms with Gasteiger partial charge in [0.15, 0.2) is 0 Å². The largest absolute Gasteiger partial charge is 0.495 e. The molecule has 0 bridgehead atoms. The molecule has 0 saturated carbocycles. The Morgan fingerprint density at radius 3 is 2.26 bits per heavy atom. The molecular weight excluding hydrogens is 532 g/mol. The van der Waals surface area contributed by atoms with Gasteiger partial charge in [-0.15, -0.1) is 11.8 Å². The van der Waals surface area contributed by atoms with Crippen molar-refractivity contribution in [3.8, 4) is 11.4 Å². The smallest absolute Gasteiger partial charge is 0.287 e. The van der Waals surface area contributed by atoms with Crippen LogP contribution in [0.25, 0.3) is 5.69 Å². The Hall–Kier alpha value is -3.60. The number of hydrogen-bond donors (Lipinski definition) is 0. The van der Waals surface area contributed by atoms with Crippen LogP contribution in [0.2, 0.25) is 0 Å². The number of aryl methyl sites for hydroxylation is 1. The fourth-order valence-electron chi connectivity index (χ4n) is 4.57. The molecular formula is C29H30N4O4S2. The predicted octanol–water partition coefficient (Wildman–Crippen LogP) is 4.35. The number of hydrogen-bond acceptors (Lipinski definition) is 7. The SMILES string of the molecule is COc1cc(C)ccc1S(=O)(=O)N1CCN(c2cnn(-c3ccccc3)c(=O)c2SCc2ccccc2)CC1. The molecule has 1 saturated heterocycles. The van der Waals surface area contributed by atoms with Gasteiger partial charge in [0.2, 0.25) is 10.0 Å². The van der Waals surface area contributed by atoms with Gasteiger partial charge in [0.05, 0.1) is 24.7 Å². The van der Waals surface area contributed by atoms with Crippen LogP contribution in [-0.4, -0.2) is 55.8 Å². The van der Waals surface area contributed by atoms with Crippen molar-refractivity contribution in [1.82, 2.24) is 14.1 Å². The highest BCUT2D eigenvalue weighted by molar-refractivity contribution is 7.98. The zero-order chi connectivity index (χ0) is 27.4. The fraction of sp³-hybridized carbons (Fsp3) is 0.241. The molecule has 1 aliphatic rings. The van der Waals surface area contributed by atoms with Gasteiger partial charge >= 0.3 is 0 Å². The summed E-state index contributed by atoms with van der Waals surface area (Å²) in [6, 6.07) is 24.4. The van der Waals surface area contributed by atoms with Crippen LogP contribution < -0.4 is 15.2 Å². The lowest BCUT2D eigenvalue weighted by Crippen LogP contribution is -2.49. The molecule has 0 unspecified atom stereocenters. The van der Waals surface area contributed by atoms with Gasteiger partial charge in [-0.2, -0.15) is 14.1 Å². The monoisotopic (exact) mass is 562 g/mol. The van der Waals surface area contributed by atoms with Crippen molar-refractivity contribution in [2.24, 2.45) is 0 Å². The van der Waals surface area contributed by atoms with E-state index >= 15 is 0 Å². The number of thioether (sulfide) groups is 1. The van der Waals surface area contributed by atoms with Crippen molar-refractivity contribution in [1.29, 1.82) is 0 Å². The summed E-state index contributed by atoms with van der Waals surface area (Å²) in [5, 5.41) is 4.49. The van der Waals surface area contributed by atoms with Crippen LogP contribution in [0.1, 0.15) is 11.1 Å². The summed E-state index contributed by atoms with van der Waals surface area (Å²) in [4.78, 5) is 16.5. The van der Waals surface area contributed by atoms with Gasteiger partial charge in [0, 0.05) is 31.9 Å². The number of anilines is 1. The molecule has 1 fully saturated rings. The lowest BCUT2D eigenvalue weighted by molar-refractivity contribution is 0.373. The Kier molecular flexibility index (Phi) is 8.06. The summed E-state index contributed by atoms with van der Waals surface area (Å²) in [5.41, 5.74) is 3.25. The molecule has 8 nitrogen and oxygen atoms in total. The first-order valence-electron chi connectivity index (χ1n) is 12.6. The number of piperazine rings is 1. The van der Waals surface area contributed by atoms with E-state index in [2.05, 4.69) is 10.00 Å². The molecule has 1 aliphatic heterocycles. The lowest BCUT2D eigenvalue weighted by atomic mass is 10.2. The van der Waals surface area contributed by atoms with Crippen molar-refractivity contribution < 1.29 is 13.2 Å². The minimum Gasteiger partial charge on any atom is -0.495 e. The summed E-state index contributed by atoms with van der Waals surface area (Å²) < 4.78 is 35.2. The first-order chi connectivity index (χ1) is 18.9. The quantitative estimate of drug-likeness (QED) is 0.295. The van der Waals surface area contributed by atoms with Gasteiger partial charge in [-0.25, -0.2) is 8.42 Å². The number of methoxy groups -OCH3 is 1. The van der Waals surface area contributed by atoms with Crippen molar-refractivity contribution in [3.63, 3.8) is 0 Å². The van der Waals surface area contributed by atoms with Crippen LogP contribution in [0.4, 0.5) is 5.69 Å². The number of nitrogens with zero attached hydrogens (tertiary/aromatic N) is 4. The van der Waals surface area contributed by atoms with Crippen LogP contribution in [-0.2, 0) is 15.8 Å². The summed E-state index contributed by atoms with van der Waals surface area (Å²) >= 11 is 1.48. The van der Waals surface area contributed by atoms with Crippen molar-refractivity contribution in [3.05, 3.63) is 107 Å². The van der Waals surface area contributed by atoms with E-state index in [0.717, 1.165) is 16.8 Å². The molecule has 3 aromatic carbocycles. The van der Waals surface area contributed by atoms with Crippen LogP contribution in [0.15, 0.2) is 99.6 Å². The molecule has 1 aromatic heterocycles. The first kappa shape index (κ1) is 27.0. The maximum atomic E-state index is 13.7. The highest BCUT2D eigenvalue weighted by atomic mass is 32.2. The standard InChI is InChI=1S/C29H30N4O4S2/c1-22-13-14-27(26(19-22)37-2)39(35,36)32-17-15-31(16-18-32)25-20-30-33(24-11-7-4-8-12-24)29(34)28(25)38-21-23-9-5-3-6-10-23/h3-14,19-20H,15-18,21H2,1-2H3. The third kappa shape index (κ3) is 5.73. The minimum absolute atomic E-state index is 0.162. The zero-order valence-corrected chi connectivity index (χ0v) is 23.5. The van der Waals surface area contributed by atoms with E-state index < -0.39 is 10.0 Å². The number of sulfonamides is 1. The van der Waals surface area contributed by atoms with Gasteiger partial charge in [0.25, 0.3) is 5.56 Å². The third-order valence-corrected chi connectivity index (χ3v) is 9.75. The summed E-state index contributed by atoms with van der Waals surface area (Å²) in [5.74, 6) is 0.967. The maximum Gasteiger partial charge on any atom is 0.287 e. The van der Waals surface area contributed by atoms with Gasteiger partial charge in [0.1, 0.15) is 15.5 Å². The van der Waals surface area contributed by atoms with Gasteiger partial charge in [-0.1, -0.05) is 54.6 Å². The average Bonchev–Trinajstić information content (AvgIpc) is 2.97. The summed E-state index contributed by atoms with van der Waals surface area (Å²) in [7, 11) is -2.26. The molecule has 0 radical (unpaired) electrons. The molecule has 0 spiro atoms. The number of para-hydroxylation sites is 1. The molecule has 0 N–H and O–H groups in total. The van der Waals surface area contributed by atoms with E-state index in [9.17, 15) is 13.2 Å². The van der Waals surface area contributed by atoms with E-state index in [0.29, 0.717) is 35.2 Å². The number of rotatable bonds is 8.